The highest BCUT2D eigenvalue weighted by Crippen LogP contribution is 2.88. The molecule has 1 aromatic carbocycles. The monoisotopic (exact) mass is 668 g/mol. The molecule has 12 heteroatoms. The van der Waals surface area contributed by atoms with E-state index in [0.29, 0.717) is 0 Å². The van der Waals surface area contributed by atoms with Crippen molar-refractivity contribution in [2.75, 3.05) is 0 Å². The fourth-order valence-corrected chi connectivity index (χ4v) is 12.9. The van der Waals surface area contributed by atoms with Crippen molar-refractivity contribution in [2.24, 2.45) is 11.8 Å². The minimum Gasteiger partial charge on any atom is -0.109 e. The zero-order valence-corrected chi connectivity index (χ0v) is 24.2. The van der Waals surface area contributed by atoms with Gasteiger partial charge < -0.3 is 0 Å². The van der Waals surface area contributed by atoms with Crippen LogP contribution in [-0.4, -0.2) is 28.2 Å². The molecule has 6 rings (SSSR count). The number of hydrogen-bond donors (Lipinski definition) is 0. The molecule has 4 bridgehead atoms. The summed E-state index contributed by atoms with van der Waals surface area (Å²) in [6, 6.07) is 7.51. The van der Waals surface area contributed by atoms with Crippen molar-refractivity contribution in [1.29, 1.82) is 0 Å². The zero-order chi connectivity index (χ0) is 23.6. The molecule has 0 N–H and O–H groups in total. The van der Waals surface area contributed by atoms with E-state index in [4.69, 9.17) is 139 Å². The first-order valence-corrected chi connectivity index (χ1v) is 13.9. The molecule has 0 nitrogen and oxygen atoms in total. The van der Waals surface area contributed by atoms with Crippen molar-refractivity contribution >= 4 is 139 Å². The summed E-state index contributed by atoms with van der Waals surface area (Å²) in [4.78, 5) is -6.33. The predicted molar refractivity (Wildman–Crippen MR) is 140 cm³/mol. The predicted octanol–water partition coefficient (Wildman–Crippen LogP) is 9.79. The Morgan fingerprint density at radius 3 is 1.06 bits per heavy atom. The first kappa shape index (κ1) is 24.5. The molecule has 0 heterocycles. The van der Waals surface area contributed by atoms with E-state index in [9.17, 15) is 0 Å². The van der Waals surface area contributed by atoms with Gasteiger partial charge in [-0.3, -0.25) is 0 Å². The van der Waals surface area contributed by atoms with Crippen LogP contribution in [0.2, 0.25) is 0 Å². The fourth-order valence-electron chi connectivity index (χ4n) is 6.85. The topological polar surface area (TPSA) is 0 Å². The van der Waals surface area contributed by atoms with Gasteiger partial charge in [-0.1, -0.05) is 117 Å². The number of hydrogen-bond acceptors (Lipinski definition) is 0. The lowest BCUT2D eigenvalue weighted by Crippen LogP contribution is -2.53. The van der Waals surface area contributed by atoms with Crippen LogP contribution in [0.15, 0.2) is 44.4 Å². The van der Waals surface area contributed by atoms with Gasteiger partial charge in [-0.15, -0.1) is 46.4 Å². The molecule has 0 unspecified atom stereocenters. The highest BCUT2D eigenvalue weighted by Gasteiger charge is 2.91. The Bertz CT molecular complexity index is 1100. The van der Waals surface area contributed by atoms with E-state index in [1.807, 2.05) is 24.3 Å². The average molecular weight is 674 g/mol. The number of benzene rings is 1. The summed E-state index contributed by atoms with van der Waals surface area (Å²) in [5, 5.41) is 0.274. The third-order valence-corrected chi connectivity index (χ3v) is 16.6. The summed E-state index contributed by atoms with van der Waals surface area (Å²) in [5.41, 5.74) is 1.59. The molecule has 0 amide bonds. The molecule has 2 fully saturated rings. The van der Waals surface area contributed by atoms with Crippen molar-refractivity contribution in [1.82, 2.24) is 0 Å². The van der Waals surface area contributed by atoms with Crippen LogP contribution in [-0.2, 0) is 0 Å². The summed E-state index contributed by atoms with van der Waals surface area (Å²) >= 11 is 83.3. The van der Waals surface area contributed by atoms with E-state index in [1.165, 1.54) is 0 Å². The van der Waals surface area contributed by atoms with Crippen molar-refractivity contribution in [2.45, 2.75) is 40.0 Å². The van der Waals surface area contributed by atoms with Crippen molar-refractivity contribution in [3.05, 3.63) is 55.5 Å². The first-order chi connectivity index (χ1) is 14.6. The summed E-state index contributed by atoms with van der Waals surface area (Å²) in [7, 11) is 0. The number of halogens is 12. The van der Waals surface area contributed by atoms with Crippen molar-refractivity contribution in [3.8, 4) is 0 Å². The Morgan fingerprint density at radius 2 is 0.750 bits per heavy atom. The molecule has 32 heavy (non-hydrogen) atoms. The molecular weight excluding hydrogens is 666 g/mol. The number of allylic oxidation sites excluding steroid dienone is 4. The summed E-state index contributed by atoms with van der Waals surface area (Å²) in [6.45, 7) is 0. The lowest BCUT2D eigenvalue weighted by atomic mass is 9.57. The van der Waals surface area contributed by atoms with Crippen LogP contribution in [0.25, 0.3) is 0 Å². The minimum absolute atomic E-state index is 0.0489. The largest absolute Gasteiger partial charge is 0.167 e. The zero-order valence-electron chi connectivity index (χ0n) is 15.2. The molecular formula is C20H8Cl12. The van der Waals surface area contributed by atoms with Crippen LogP contribution < -0.4 is 0 Å². The van der Waals surface area contributed by atoms with Crippen LogP contribution >= 0.6 is 139 Å². The van der Waals surface area contributed by atoms with Crippen LogP contribution in [0.5, 0.6) is 0 Å². The second kappa shape index (κ2) is 6.59. The van der Waals surface area contributed by atoms with Crippen LogP contribution in [0.1, 0.15) is 23.0 Å². The van der Waals surface area contributed by atoms with E-state index in [0.717, 1.165) is 11.1 Å². The van der Waals surface area contributed by atoms with Gasteiger partial charge >= 0.3 is 0 Å². The molecule has 172 valence electrons. The third kappa shape index (κ3) is 2.00. The average Bonchev–Trinajstić information content (AvgIpc) is 3.08. The lowest BCUT2D eigenvalue weighted by molar-refractivity contribution is 0.201. The molecule has 1 aromatic rings. The van der Waals surface area contributed by atoms with E-state index in [1.54, 1.807) is 0 Å². The fraction of sp³-hybridized carbons (Fsp3) is 0.500. The van der Waals surface area contributed by atoms with Crippen LogP contribution in [0.3, 0.4) is 0 Å². The Labute approximate surface area is 244 Å². The maximum Gasteiger partial charge on any atom is 0.167 e. The molecule has 2 saturated carbocycles. The van der Waals surface area contributed by atoms with Crippen molar-refractivity contribution in [3.63, 3.8) is 0 Å². The highest BCUT2D eigenvalue weighted by molar-refractivity contribution is 6.67. The van der Waals surface area contributed by atoms with Crippen LogP contribution in [0, 0.1) is 11.8 Å². The van der Waals surface area contributed by atoms with E-state index >= 15 is 0 Å². The summed E-state index contributed by atoms with van der Waals surface area (Å²) in [5.74, 6) is -2.54. The maximum absolute atomic E-state index is 7.25. The van der Waals surface area contributed by atoms with Gasteiger partial charge in [-0.2, -0.15) is 0 Å². The highest BCUT2D eigenvalue weighted by atomic mass is 35.5. The number of alkyl halides is 8. The maximum atomic E-state index is 7.25. The Hall–Kier alpha value is 2.18. The summed E-state index contributed by atoms with van der Waals surface area (Å²) < 4.78 is -3.60. The quantitative estimate of drug-likeness (QED) is 0.241. The van der Waals surface area contributed by atoms with Gasteiger partial charge in [0.25, 0.3) is 0 Å². The van der Waals surface area contributed by atoms with Gasteiger partial charge in [-0.25, -0.2) is 0 Å². The van der Waals surface area contributed by atoms with Crippen LogP contribution in [0.4, 0.5) is 0 Å². The van der Waals surface area contributed by atoms with Gasteiger partial charge in [0, 0.05) is 23.7 Å². The molecule has 0 radical (unpaired) electrons. The first-order valence-electron chi connectivity index (χ1n) is 9.33. The second-order valence-corrected chi connectivity index (χ2v) is 15.4. The van der Waals surface area contributed by atoms with Gasteiger partial charge in [0.05, 0.1) is 20.1 Å². The summed E-state index contributed by atoms with van der Waals surface area (Å²) in [6.07, 6.45) is 0. The Morgan fingerprint density at radius 1 is 0.469 bits per heavy atom. The van der Waals surface area contributed by atoms with Gasteiger partial charge in [0.1, 0.15) is 19.5 Å². The third-order valence-electron chi connectivity index (χ3n) is 8.04. The molecule has 5 aliphatic rings. The lowest BCUT2D eigenvalue weighted by Gasteiger charge is -2.52. The SMILES string of the molecule is ClC1=C(Cl)[C@]2(Cl)[C@H]3[C@H]4[C@@H](c5ccccc5[C@H]3[C@@]1(Cl)C2(Cl)Cl)[C@@]1(Cl)C(Cl)=C(Cl)[C@]4(Cl)C1(Cl)Cl. The Balaban J connectivity index is 1.78. The van der Waals surface area contributed by atoms with Gasteiger partial charge in [-0.05, 0) is 11.1 Å². The standard InChI is InChI=1S/C20H8Cl12/c21-11-13(23)17(27)9-7(15(11,25)19(17,29)30)5-3-1-2-4-6(5)8-10(9)18(28)14(24)12(22)16(8,26)20(18,31)32/h1-4,7-10H/t7-,8-,9-,10-,15-,16+,17+,18-/m1/s1. The van der Waals surface area contributed by atoms with E-state index in [-0.39, 0.29) is 20.1 Å². The molecule has 0 saturated heterocycles. The number of rotatable bonds is 0. The molecule has 5 aliphatic carbocycles. The van der Waals surface area contributed by atoms with Gasteiger partial charge in [0.2, 0.25) is 0 Å². The molecule has 8 atom stereocenters. The number of fused-ring (bicyclic) bond motifs is 14. The van der Waals surface area contributed by atoms with Gasteiger partial charge in [0.15, 0.2) is 8.67 Å². The molecule has 0 aromatic heterocycles. The molecule has 0 spiro atoms. The smallest absolute Gasteiger partial charge is 0.109 e. The van der Waals surface area contributed by atoms with Crippen molar-refractivity contribution < 1.29 is 0 Å². The van der Waals surface area contributed by atoms with E-state index < -0.39 is 51.8 Å². The second-order valence-electron chi connectivity index (χ2n) is 8.89. The van der Waals surface area contributed by atoms with E-state index in [2.05, 4.69) is 0 Å². The Kier molecular flexibility index (Phi) is 5.05. The minimum atomic E-state index is -1.80. The normalized spacial score (nSPS) is 51.2. The molecule has 0 aliphatic heterocycles.